The molecule has 88 valence electrons. The average Bonchev–Trinajstić information content (AvgIpc) is 2.59. The van der Waals surface area contributed by atoms with Crippen LogP contribution in [0.3, 0.4) is 0 Å². The predicted molar refractivity (Wildman–Crippen MR) is 82.2 cm³/mol. The van der Waals surface area contributed by atoms with Crippen LogP contribution in [0.1, 0.15) is 0 Å². The predicted octanol–water partition coefficient (Wildman–Crippen LogP) is 3.21. The number of rotatable bonds is 2. The first-order valence-corrected chi connectivity index (χ1v) is 8.25. The van der Waals surface area contributed by atoms with Gasteiger partial charge in [0.15, 0.2) is 0 Å². The van der Waals surface area contributed by atoms with Gasteiger partial charge < -0.3 is 0 Å². The number of benzene rings is 1. The number of fused-ring (bicyclic) bond motifs is 1. The Hall–Kier alpha value is -1.08. The first kappa shape index (κ1) is 12.0. The molecule has 0 N–H and O–H groups in total. The van der Waals surface area contributed by atoms with E-state index in [1.54, 1.807) is 0 Å². The fourth-order valence-corrected chi connectivity index (χ4v) is 4.98. The van der Waals surface area contributed by atoms with Gasteiger partial charge in [-0.3, -0.25) is 0 Å². The van der Waals surface area contributed by atoms with Crippen molar-refractivity contribution in [1.29, 1.82) is 0 Å². The van der Waals surface area contributed by atoms with E-state index in [0.717, 1.165) is 0 Å². The fraction of sp³-hybridized carbons (Fsp3) is 0. The van der Waals surface area contributed by atoms with Gasteiger partial charge >= 0.3 is 122 Å². The van der Waals surface area contributed by atoms with Crippen molar-refractivity contribution < 1.29 is 0 Å². The first-order valence-electron chi connectivity index (χ1n) is 5.75. The minimum atomic E-state index is 0.361. The summed E-state index contributed by atoms with van der Waals surface area (Å²) in [6.07, 6.45) is 0. The zero-order valence-corrected chi connectivity index (χ0v) is 12.9. The molecule has 0 atom stereocenters. The van der Waals surface area contributed by atoms with Crippen LogP contribution in [0.25, 0.3) is 11.1 Å². The molecule has 2 aliphatic carbocycles. The van der Waals surface area contributed by atoms with Crippen LogP contribution in [-0.2, 0) is 0 Å². The zero-order chi connectivity index (χ0) is 12.4. The molecule has 0 aliphatic heterocycles. The van der Waals surface area contributed by atoms with Gasteiger partial charge in [0, 0.05) is 0 Å². The third-order valence-electron chi connectivity index (χ3n) is 2.79. The van der Waals surface area contributed by atoms with Gasteiger partial charge in [0.05, 0.1) is 0 Å². The average molecular weight is 362 g/mol. The van der Waals surface area contributed by atoms with Crippen LogP contribution in [0.15, 0.2) is 71.2 Å². The molecule has 0 aromatic heterocycles. The monoisotopic (exact) mass is 362 g/mol. The van der Waals surface area contributed by atoms with Crippen LogP contribution in [0.4, 0.5) is 0 Å². The van der Waals surface area contributed by atoms with Crippen LogP contribution in [0.2, 0.25) is 0 Å². The van der Waals surface area contributed by atoms with Crippen molar-refractivity contribution in [3.05, 3.63) is 71.2 Å². The van der Waals surface area contributed by atoms with E-state index in [1.807, 2.05) is 0 Å². The summed E-state index contributed by atoms with van der Waals surface area (Å²) >= 11 is 4.02. The van der Waals surface area contributed by atoms with Gasteiger partial charge in [-0.1, -0.05) is 0 Å². The normalized spacial score (nSPS) is 10.7. The summed E-state index contributed by atoms with van der Waals surface area (Å²) < 4.78 is 4.05. The summed E-state index contributed by atoms with van der Waals surface area (Å²) in [5, 5.41) is 0. The summed E-state index contributed by atoms with van der Waals surface area (Å²) in [6, 6.07) is 23.6. The van der Waals surface area contributed by atoms with Crippen molar-refractivity contribution in [1.82, 2.24) is 0 Å². The molecular weight excluding hydrogens is 351 g/mol. The number of hydrogen-bond donors (Lipinski definition) is 0. The van der Waals surface area contributed by atoms with Crippen LogP contribution in [-0.4, -0.2) is 15.0 Å². The van der Waals surface area contributed by atoms with Crippen molar-refractivity contribution in [2.75, 3.05) is 0 Å². The van der Waals surface area contributed by atoms with E-state index >= 15 is 0 Å². The van der Waals surface area contributed by atoms with E-state index in [2.05, 4.69) is 82.7 Å². The molecule has 0 bridgehead atoms. The number of hydrogen-bond acceptors (Lipinski definition) is 0. The van der Waals surface area contributed by atoms with Gasteiger partial charge in [-0.2, -0.15) is 0 Å². The van der Waals surface area contributed by atoms with E-state index < -0.39 is 0 Å². The molecule has 0 radical (unpaired) electrons. The Morgan fingerprint density at radius 1 is 0.722 bits per heavy atom. The molecule has 0 spiro atoms. The van der Waals surface area contributed by atoms with Crippen molar-refractivity contribution >= 4 is 39.8 Å². The summed E-state index contributed by atoms with van der Waals surface area (Å²) in [6.45, 7) is 0. The van der Waals surface area contributed by atoms with Crippen LogP contribution >= 0.6 is 15.9 Å². The summed E-state index contributed by atoms with van der Waals surface area (Å²) in [5.41, 5.74) is 2.66. The standard InChI is InChI=1S/C16H11BrSe/c17-15-11-16(18-12-7-3-1-4-8-12)14-10-6-2-5-9-13(14)15/h1-11H. The van der Waals surface area contributed by atoms with Gasteiger partial charge in [0.2, 0.25) is 0 Å². The van der Waals surface area contributed by atoms with E-state index in [0.29, 0.717) is 15.0 Å². The van der Waals surface area contributed by atoms with Gasteiger partial charge in [-0.05, 0) is 0 Å². The Morgan fingerprint density at radius 2 is 1.33 bits per heavy atom. The third-order valence-corrected chi connectivity index (χ3v) is 5.68. The Morgan fingerprint density at radius 3 is 2.06 bits per heavy atom. The first-order chi connectivity index (χ1) is 8.84. The minimum absolute atomic E-state index is 0.361. The molecule has 0 nitrogen and oxygen atoms in total. The SMILES string of the molecule is Brc1cc([Se]c2ccccc2)c2cccccc1-2. The molecule has 0 unspecified atom stereocenters. The zero-order valence-electron chi connectivity index (χ0n) is 9.64. The molecule has 2 heteroatoms. The Balaban J connectivity index is 2.05. The molecule has 18 heavy (non-hydrogen) atoms. The third kappa shape index (κ3) is 2.37. The van der Waals surface area contributed by atoms with Crippen molar-refractivity contribution in [2.24, 2.45) is 0 Å². The molecule has 1 aromatic carbocycles. The molecular formula is C16H11BrSe. The Kier molecular flexibility index (Phi) is 3.51. The van der Waals surface area contributed by atoms with Crippen molar-refractivity contribution in [2.45, 2.75) is 0 Å². The van der Waals surface area contributed by atoms with E-state index in [-0.39, 0.29) is 0 Å². The molecule has 0 saturated heterocycles. The van der Waals surface area contributed by atoms with Crippen LogP contribution in [0, 0.1) is 0 Å². The molecule has 2 aliphatic rings. The second-order valence-corrected chi connectivity index (χ2v) is 7.20. The maximum absolute atomic E-state index is 3.66. The van der Waals surface area contributed by atoms with Crippen molar-refractivity contribution in [3.63, 3.8) is 0 Å². The van der Waals surface area contributed by atoms with Gasteiger partial charge in [-0.25, -0.2) is 0 Å². The summed E-state index contributed by atoms with van der Waals surface area (Å²) in [7, 11) is 0. The topological polar surface area (TPSA) is 0 Å². The quantitative estimate of drug-likeness (QED) is 0.615. The summed E-state index contributed by atoms with van der Waals surface area (Å²) in [4.78, 5) is 0. The van der Waals surface area contributed by atoms with E-state index in [4.69, 9.17) is 0 Å². The van der Waals surface area contributed by atoms with Crippen LogP contribution < -0.4 is 8.92 Å². The van der Waals surface area contributed by atoms with Gasteiger partial charge in [-0.15, -0.1) is 0 Å². The van der Waals surface area contributed by atoms with E-state index in [1.165, 1.54) is 24.5 Å². The van der Waals surface area contributed by atoms with Gasteiger partial charge in [0.25, 0.3) is 0 Å². The Bertz CT molecular complexity index is 634. The van der Waals surface area contributed by atoms with Crippen LogP contribution in [0.5, 0.6) is 0 Å². The summed E-state index contributed by atoms with van der Waals surface area (Å²) in [5.74, 6) is 0. The molecule has 0 amide bonds. The molecule has 1 aromatic rings. The second kappa shape index (κ2) is 5.27. The molecule has 0 heterocycles. The fourth-order valence-electron chi connectivity index (χ4n) is 1.94. The Labute approximate surface area is 122 Å². The van der Waals surface area contributed by atoms with Crippen molar-refractivity contribution in [3.8, 4) is 11.1 Å². The van der Waals surface area contributed by atoms with E-state index in [9.17, 15) is 0 Å². The molecule has 3 rings (SSSR count). The molecule has 0 fully saturated rings. The van der Waals surface area contributed by atoms with Gasteiger partial charge in [0.1, 0.15) is 0 Å². The number of halogens is 1. The molecule has 0 saturated carbocycles. The maximum atomic E-state index is 3.66. The second-order valence-electron chi connectivity index (χ2n) is 4.01.